The molecule has 4 nitrogen and oxygen atoms in total. The Bertz CT molecular complexity index is 189. The van der Waals surface area contributed by atoms with Gasteiger partial charge in [0.2, 0.25) is 5.78 Å². The monoisotopic (exact) mass is 202 g/mol. The van der Waals surface area contributed by atoms with E-state index in [0.717, 1.165) is 19.3 Å². The summed E-state index contributed by atoms with van der Waals surface area (Å²) in [4.78, 5) is 21.0. The predicted octanol–water partition coefficient (Wildman–Crippen LogP) is 1.22. The molecule has 0 rings (SSSR count). The Hall–Kier alpha value is -0.900. The van der Waals surface area contributed by atoms with Gasteiger partial charge in [-0.15, -0.1) is 0 Å². The Morgan fingerprint density at radius 1 is 1.29 bits per heavy atom. The highest BCUT2D eigenvalue weighted by molar-refractivity contribution is 6.32. The lowest BCUT2D eigenvalue weighted by Gasteiger charge is -2.11. The van der Waals surface area contributed by atoms with Crippen LogP contribution in [0, 0.1) is 5.92 Å². The third-order valence-corrected chi connectivity index (χ3v) is 2.24. The number of unbranched alkanes of at least 4 members (excludes halogenated alkanes) is 1. The maximum Gasteiger partial charge on any atom is 0.372 e. The van der Waals surface area contributed by atoms with E-state index in [0.29, 0.717) is 6.42 Å². The van der Waals surface area contributed by atoms with Crippen molar-refractivity contribution in [3.8, 4) is 0 Å². The van der Waals surface area contributed by atoms with E-state index in [1.807, 2.05) is 0 Å². The summed E-state index contributed by atoms with van der Waals surface area (Å²) in [5.74, 6) is -2.07. The van der Waals surface area contributed by atoms with Gasteiger partial charge in [0, 0.05) is 13.0 Å². The summed E-state index contributed by atoms with van der Waals surface area (Å²) in [5, 5.41) is 17.3. The number of aliphatic hydroxyl groups is 1. The Morgan fingerprint density at radius 3 is 2.36 bits per heavy atom. The SMILES string of the molecule is CCCCC(CO)CCC(=O)C(=O)O. The molecule has 0 aromatic carbocycles. The first-order chi connectivity index (χ1) is 6.61. The summed E-state index contributed by atoms with van der Waals surface area (Å²) in [6.07, 6.45) is 3.42. The van der Waals surface area contributed by atoms with Crippen molar-refractivity contribution >= 4 is 11.8 Å². The van der Waals surface area contributed by atoms with Crippen LogP contribution < -0.4 is 0 Å². The van der Waals surface area contributed by atoms with Crippen molar-refractivity contribution in [2.24, 2.45) is 5.92 Å². The van der Waals surface area contributed by atoms with Crippen LogP contribution in [0.5, 0.6) is 0 Å². The highest BCUT2D eigenvalue weighted by Gasteiger charge is 2.14. The van der Waals surface area contributed by atoms with Crippen LogP contribution in [0.15, 0.2) is 0 Å². The van der Waals surface area contributed by atoms with E-state index in [1.165, 1.54) is 0 Å². The number of hydrogen-bond donors (Lipinski definition) is 2. The van der Waals surface area contributed by atoms with Gasteiger partial charge in [-0.2, -0.15) is 0 Å². The lowest BCUT2D eigenvalue weighted by Crippen LogP contribution is -2.15. The molecule has 0 saturated carbocycles. The number of Topliss-reactive ketones (excluding diaryl/α,β-unsaturated/α-hetero) is 1. The number of carboxylic acids is 1. The Kier molecular flexibility index (Phi) is 7.02. The number of hydrogen-bond acceptors (Lipinski definition) is 3. The van der Waals surface area contributed by atoms with E-state index in [4.69, 9.17) is 10.2 Å². The summed E-state index contributed by atoms with van der Waals surface area (Å²) < 4.78 is 0. The van der Waals surface area contributed by atoms with Crippen LogP contribution in [0.2, 0.25) is 0 Å². The zero-order valence-corrected chi connectivity index (χ0v) is 8.53. The molecule has 4 heteroatoms. The van der Waals surface area contributed by atoms with Gasteiger partial charge in [0.25, 0.3) is 0 Å². The molecule has 0 saturated heterocycles. The molecule has 0 aliphatic rings. The number of carbonyl (C=O) groups excluding carboxylic acids is 1. The summed E-state index contributed by atoms with van der Waals surface area (Å²) in [5.41, 5.74) is 0. The lowest BCUT2D eigenvalue weighted by molar-refractivity contribution is -0.149. The fourth-order valence-corrected chi connectivity index (χ4v) is 1.26. The van der Waals surface area contributed by atoms with E-state index in [-0.39, 0.29) is 18.9 Å². The molecular formula is C10H18O4. The minimum atomic E-state index is -1.38. The molecule has 0 fully saturated rings. The molecule has 0 aromatic rings. The second kappa shape index (κ2) is 7.50. The van der Waals surface area contributed by atoms with E-state index in [2.05, 4.69) is 6.92 Å². The average molecular weight is 202 g/mol. The molecule has 0 aliphatic carbocycles. The molecule has 0 amide bonds. The number of carboxylic acid groups (broad SMARTS) is 1. The maximum absolute atomic E-state index is 10.8. The van der Waals surface area contributed by atoms with E-state index in [9.17, 15) is 9.59 Å². The molecule has 82 valence electrons. The minimum Gasteiger partial charge on any atom is -0.476 e. The molecule has 0 spiro atoms. The van der Waals surface area contributed by atoms with Crippen LogP contribution in [0.25, 0.3) is 0 Å². The molecule has 0 heterocycles. The van der Waals surface area contributed by atoms with Crippen LogP contribution >= 0.6 is 0 Å². The molecule has 14 heavy (non-hydrogen) atoms. The maximum atomic E-state index is 10.8. The van der Waals surface area contributed by atoms with E-state index in [1.54, 1.807) is 0 Å². The number of aliphatic hydroxyl groups excluding tert-OH is 1. The third kappa shape index (κ3) is 5.70. The Balaban J connectivity index is 3.71. The highest BCUT2D eigenvalue weighted by Crippen LogP contribution is 2.14. The molecule has 2 N–H and O–H groups in total. The smallest absolute Gasteiger partial charge is 0.372 e. The van der Waals surface area contributed by atoms with Crippen molar-refractivity contribution in [3.63, 3.8) is 0 Å². The molecular weight excluding hydrogens is 184 g/mol. The zero-order chi connectivity index (χ0) is 11.0. The largest absolute Gasteiger partial charge is 0.476 e. The molecule has 0 aromatic heterocycles. The van der Waals surface area contributed by atoms with Gasteiger partial charge in [0.1, 0.15) is 0 Å². The Morgan fingerprint density at radius 2 is 1.93 bits per heavy atom. The quantitative estimate of drug-likeness (QED) is 0.580. The molecule has 0 bridgehead atoms. The molecule has 0 aliphatic heterocycles. The fourth-order valence-electron chi connectivity index (χ4n) is 1.26. The van der Waals surface area contributed by atoms with Gasteiger partial charge >= 0.3 is 5.97 Å². The zero-order valence-electron chi connectivity index (χ0n) is 8.53. The van der Waals surface area contributed by atoms with Crippen LogP contribution in [0.4, 0.5) is 0 Å². The summed E-state index contributed by atoms with van der Waals surface area (Å²) >= 11 is 0. The second-order valence-electron chi connectivity index (χ2n) is 3.46. The van der Waals surface area contributed by atoms with Gasteiger partial charge in [0.05, 0.1) is 0 Å². The third-order valence-electron chi connectivity index (χ3n) is 2.24. The predicted molar refractivity (Wildman–Crippen MR) is 52.0 cm³/mol. The normalized spacial score (nSPS) is 12.4. The van der Waals surface area contributed by atoms with Crippen molar-refractivity contribution in [1.82, 2.24) is 0 Å². The van der Waals surface area contributed by atoms with Gasteiger partial charge in [-0.1, -0.05) is 19.8 Å². The van der Waals surface area contributed by atoms with Crippen molar-refractivity contribution in [2.75, 3.05) is 6.61 Å². The number of ketones is 1. The summed E-state index contributed by atoms with van der Waals surface area (Å²) in [6.45, 7) is 2.09. The number of carbonyl (C=O) groups is 2. The average Bonchev–Trinajstić information content (AvgIpc) is 2.17. The second-order valence-corrected chi connectivity index (χ2v) is 3.46. The van der Waals surface area contributed by atoms with Gasteiger partial charge in [-0.3, -0.25) is 4.79 Å². The first-order valence-electron chi connectivity index (χ1n) is 4.98. The molecule has 1 atom stereocenters. The van der Waals surface area contributed by atoms with Crippen LogP contribution in [-0.2, 0) is 9.59 Å². The molecule has 0 radical (unpaired) electrons. The summed E-state index contributed by atoms with van der Waals surface area (Å²) in [7, 11) is 0. The van der Waals surface area contributed by atoms with E-state index < -0.39 is 11.8 Å². The topological polar surface area (TPSA) is 74.6 Å². The summed E-state index contributed by atoms with van der Waals surface area (Å²) in [6, 6.07) is 0. The number of rotatable bonds is 8. The van der Waals surface area contributed by atoms with Gasteiger partial charge in [-0.25, -0.2) is 4.79 Å². The van der Waals surface area contributed by atoms with Crippen molar-refractivity contribution in [1.29, 1.82) is 0 Å². The van der Waals surface area contributed by atoms with Crippen molar-refractivity contribution in [2.45, 2.75) is 39.0 Å². The van der Waals surface area contributed by atoms with Crippen LogP contribution in [-0.4, -0.2) is 28.6 Å². The minimum absolute atomic E-state index is 0.0320. The lowest BCUT2D eigenvalue weighted by atomic mass is 9.96. The van der Waals surface area contributed by atoms with Gasteiger partial charge < -0.3 is 10.2 Å². The Labute approximate surface area is 83.9 Å². The van der Waals surface area contributed by atoms with Crippen LogP contribution in [0.3, 0.4) is 0 Å². The van der Waals surface area contributed by atoms with Gasteiger partial charge in [-0.05, 0) is 18.8 Å². The van der Waals surface area contributed by atoms with Crippen molar-refractivity contribution < 1.29 is 19.8 Å². The van der Waals surface area contributed by atoms with Gasteiger partial charge in [0.15, 0.2) is 0 Å². The van der Waals surface area contributed by atoms with Crippen molar-refractivity contribution in [3.05, 3.63) is 0 Å². The fraction of sp³-hybridized carbons (Fsp3) is 0.800. The molecule has 1 unspecified atom stereocenters. The highest BCUT2D eigenvalue weighted by atomic mass is 16.4. The first kappa shape index (κ1) is 13.1. The van der Waals surface area contributed by atoms with E-state index >= 15 is 0 Å². The standard InChI is InChI=1S/C10H18O4/c1-2-3-4-8(7-11)5-6-9(12)10(13)14/h8,11H,2-7H2,1H3,(H,13,14). The van der Waals surface area contributed by atoms with Crippen LogP contribution in [0.1, 0.15) is 39.0 Å². The number of aliphatic carboxylic acids is 1. The first-order valence-corrected chi connectivity index (χ1v) is 4.98.